The van der Waals surface area contributed by atoms with Crippen LogP contribution in [0.2, 0.25) is 0 Å². The summed E-state index contributed by atoms with van der Waals surface area (Å²) in [5.41, 5.74) is 2.09. The third kappa shape index (κ3) is 3.57. The Morgan fingerprint density at radius 3 is 2.71 bits per heavy atom. The van der Waals surface area contributed by atoms with Crippen molar-refractivity contribution in [3.05, 3.63) is 24.3 Å². The highest BCUT2D eigenvalue weighted by molar-refractivity contribution is 7.99. The van der Waals surface area contributed by atoms with Gasteiger partial charge in [-0.3, -0.25) is 0 Å². The maximum absolute atomic E-state index is 5.70. The van der Waals surface area contributed by atoms with Crippen molar-refractivity contribution in [3.8, 4) is 11.5 Å². The van der Waals surface area contributed by atoms with Crippen molar-refractivity contribution >= 4 is 17.4 Å². The average Bonchev–Trinajstić information content (AvgIpc) is 3.17. The highest BCUT2D eigenvalue weighted by Crippen LogP contribution is 2.27. The second-order valence-electron chi connectivity index (χ2n) is 5.26. The minimum atomic E-state index is 0.324. The van der Waals surface area contributed by atoms with Crippen LogP contribution in [-0.4, -0.2) is 42.8 Å². The Hall–Kier alpha value is -1.53. The maximum Gasteiger partial charge on any atom is 0.276 e. The van der Waals surface area contributed by atoms with Gasteiger partial charge in [0.05, 0.1) is 6.10 Å². The normalized spacial score (nSPS) is 18.1. The molecule has 1 atom stereocenters. The van der Waals surface area contributed by atoms with E-state index in [0.717, 1.165) is 36.5 Å². The summed E-state index contributed by atoms with van der Waals surface area (Å²) in [6.07, 6.45) is 2.60. The van der Waals surface area contributed by atoms with Crippen LogP contribution in [0.15, 0.2) is 33.9 Å². The molecule has 5 nitrogen and oxygen atoms in total. The summed E-state index contributed by atoms with van der Waals surface area (Å²) in [6, 6.07) is 8.08. The van der Waals surface area contributed by atoms with E-state index in [2.05, 4.69) is 15.1 Å². The number of hydrogen-bond donors (Lipinski definition) is 0. The number of hydrogen-bond acceptors (Lipinski definition) is 6. The zero-order valence-electron chi connectivity index (χ0n) is 12.3. The number of rotatable bonds is 5. The van der Waals surface area contributed by atoms with Crippen LogP contribution in [0.5, 0.6) is 0 Å². The number of anilines is 1. The molecule has 0 aliphatic carbocycles. The quantitative estimate of drug-likeness (QED) is 0.791. The number of ether oxygens (including phenoxy) is 1. The van der Waals surface area contributed by atoms with Crippen LogP contribution in [0, 0.1) is 0 Å². The third-order valence-corrected chi connectivity index (χ3v) is 4.40. The van der Waals surface area contributed by atoms with Crippen molar-refractivity contribution in [2.24, 2.45) is 0 Å². The van der Waals surface area contributed by atoms with Gasteiger partial charge in [0, 0.05) is 37.7 Å². The topological polar surface area (TPSA) is 51.4 Å². The molecule has 1 unspecified atom stereocenters. The van der Waals surface area contributed by atoms with Crippen molar-refractivity contribution < 1.29 is 9.15 Å². The van der Waals surface area contributed by atoms with Crippen LogP contribution in [0.1, 0.15) is 12.8 Å². The minimum absolute atomic E-state index is 0.324. The zero-order valence-corrected chi connectivity index (χ0v) is 13.1. The third-order valence-electron chi connectivity index (χ3n) is 3.45. The lowest BCUT2D eigenvalue weighted by atomic mass is 10.2. The van der Waals surface area contributed by atoms with E-state index in [-0.39, 0.29) is 0 Å². The summed E-state index contributed by atoms with van der Waals surface area (Å²) < 4.78 is 11.3. The molecule has 1 aromatic heterocycles. The molecule has 2 aromatic rings. The van der Waals surface area contributed by atoms with Gasteiger partial charge in [-0.15, -0.1) is 10.2 Å². The Bertz CT molecular complexity index is 577. The number of aromatic nitrogens is 2. The Kier molecular flexibility index (Phi) is 4.45. The molecule has 0 spiro atoms. The fraction of sp³-hybridized carbons (Fsp3) is 0.467. The van der Waals surface area contributed by atoms with Gasteiger partial charge in [-0.05, 0) is 37.1 Å². The van der Waals surface area contributed by atoms with Gasteiger partial charge in [0.2, 0.25) is 5.89 Å². The van der Waals surface area contributed by atoms with E-state index in [9.17, 15) is 0 Å². The first-order chi connectivity index (χ1) is 10.2. The highest BCUT2D eigenvalue weighted by Gasteiger charge is 2.17. The van der Waals surface area contributed by atoms with E-state index in [4.69, 9.17) is 9.15 Å². The van der Waals surface area contributed by atoms with Gasteiger partial charge in [-0.1, -0.05) is 11.8 Å². The fourth-order valence-corrected chi connectivity index (χ4v) is 3.05. The van der Waals surface area contributed by atoms with E-state index < -0.39 is 0 Å². The van der Waals surface area contributed by atoms with Gasteiger partial charge in [-0.2, -0.15) is 0 Å². The molecule has 112 valence electrons. The molecule has 0 saturated carbocycles. The average molecular weight is 305 g/mol. The fourth-order valence-electron chi connectivity index (χ4n) is 2.23. The molecular formula is C15H19N3O2S. The first-order valence-electron chi connectivity index (χ1n) is 7.08. The molecule has 6 heteroatoms. The Morgan fingerprint density at radius 1 is 1.24 bits per heavy atom. The predicted molar refractivity (Wildman–Crippen MR) is 83.8 cm³/mol. The van der Waals surface area contributed by atoms with Gasteiger partial charge < -0.3 is 14.1 Å². The smallest absolute Gasteiger partial charge is 0.276 e. The molecule has 1 saturated heterocycles. The monoisotopic (exact) mass is 305 g/mol. The number of nitrogens with zero attached hydrogens (tertiary/aromatic N) is 3. The van der Waals surface area contributed by atoms with Gasteiger partial charge in [0.25, 0.3) is 5.22 Å². The molecule has 1 aliphatic heterocycles. The molecule has 1 fully saturated rings. The lowest BCUT2D eigenvalue weighted by Crippen LogP contribution is -2.07. The molecule has 21 heavy (non-hydrogen) atoms. The first kappa shape index (κ1) is 14.4. The standard InChI is InChI=1S/C15H19N3O2S/c1-18(2)12-7-5-11(6-8-12)14-16-17-15(20-14)21-10-13-4-3-9-19-13/h5-8,13H,3-4,9-10H2,1-2H3. The lowest BCUT2D eigenvalue weighted by molar-refractivity contribution is 0.128. The van der Waals surface area contributed by atoms with Crippen molar-refractivity contribution in [2.75, 3.05) is 31.4 Å². The molecular weight excluding hydrogens is 286 g/mol. The number of benzene rings is 1. The Balaban J connectivity index is 1.63. The van der Waals surface area contributed by atoms with E-state index in [1.807, 2.05) is 38.4 Å². The van der Waals surface area contributed by atoms with Crippen molar-refractivity contribution in [2.45, 2.75) is 24.2 Å². The molecule has 2 heterocycles. The van der Waals surface area contributed by atoms with Crippen LogP contribution in [0.4, 0.5) is 5.69 Å². The van der Waals surface area contributed by atoms with Gasteiger partial charge >= 0.3 is 0 Å². The molecule has 0 bridgehead atoms. The minimum Gasteiger partial charge on any atom is -0.411 e. The van der Waals surface area contributed by atoms with E-state index >= 15 is 0 Å². The van der Waals surface area contributed by atoms with Crippen molar-refractivity contribution in [3.63, 3.8) is 0 Å². The summed E-state index contributed by atoms with van der Waals surface area (Å²) >= 11 is 1.57. The summed E-state index contributed by atoms with van der Waals surface area (Å²) in [5.74, 6) is 1.44. The second kappa shape index (κ2) is 6.49. The van der Waals surface area contributed by atoms with Crippen LogP contribution >= 0.6 is 11.8 Å². The summed E-state index contributed by atoms with van der Waals surface area (Å²) in [4.78, 5) is 2.06. The van der Waals surface area contributed by atoms with Gasteiger partial charge in [-0.25, -0.2) is 0 Å². The second-order valence-corrected chi connectivity index (χ2v) is 6.23. The SMILES string of the molecule is CN(C)c1ccc(-c2nnc(SCC3CCCO3)o2)cc1. The summed E-state index contributed by atoms with van der Waals surface area (Å²) in [5, 5.41) is 8.81. The van der Waals surface area contributed by atoms with Crippen LogP contribution in [0.25, 0.3) is 11.5 Å². The largest absolute Gasteiger partial charge is 0.411 e. The maximum atomic E-state index is 5.70. The van der Waals surface area contributed by atoms with E-state index in [0.29, 0.717) is 17.2 Å². The van der Waals surface area contributed by atoms with E-state index in [1.165, 1.54) is 0 Å². The van der Waals surface area contributed by atoms with Gasteiger partial charge in [0.1, 0.15) is 0 Å². The van der Waals surface area contributed by atoms with Crippen LogP contribution in [0.3, 0.4) is 0 Å². The lowest BCUT2D eigenvalue weighted by Gasteiger charge is -2.11. The highest BCUT2D eigenvalue weighted by atomic mass is 32.2. The molecule has 0 radical (unpaired) electrons. The van der Waals surface area contributed by atoms with Crippen LogP contribution < -0.4 is 4.90 Å². The van der Waals surface area contributed by atoms with Crippen molar-refractivity contribution in [1.82, 2.24) is 10.2 Å². The summed E-state index contributed by atoms with van der Waals surface area (Å²) in [6.45, 7) is 0.874. The Morgan fingerprint density at radius 2 is 2.05 bits per heavy atom. The van der Waals surface area contributed by atoms with Crippen molar-refractivity contribution in [1.29, 1.82) is 0 Å². The number of thioether (sulfide) groups is 1. The van der Waals surface area contributed by atoms with Crippen LogP contribution in [-0.2, 0) is 4.74 Å². The molecule has 0 N–H and O–H groups in total. The predicted octanol–water partition coefficient (Wildman–Crippen LogP) is 3.07. The molecule has 0 amide bonds. The first-order valence-corrected chi connectivity index (χ1v) is 8.06. The van der Waals surface area contributed by atoms with E-state index in [1.54, 1.807) is 11.8 Å². The van der Waals surface area contributed by atoms with Gasteiger partial charge in [0.15, 0.2) is 0 Å². The molecule has 1 aromatic carbocycles. The zero-order chi connectivity index (χ0) is 14.7. The molecule has 1 aliphatic rings. The summed E-state index contributed by atoms with van der Waals surface area (Å²) in [7, 11) is 4.03. The molecule has 3 rings (SSSR count). The Labute approximate surface area is 128 Å².